The van der Waals surface area contributed by atoms with Gasteiger partial charge in [0.2, 0.25) is 5.91 Å². The molecule has 1 atom stereocenters. The zero-order chi connectivity index (χ0) is 11.0. The number of aryl methyl sites for hydroxylation is 1. The Morgan fingerprint density at radius 1 is 1.60 bits per heavy atom. The first-order chi connectivity index (χ1) is 7.08. The SMILES string of the molecule is CC(=O)NC1CCc2cc(C(=O)O)[nH]c21. The molecule has 0 bridgehead atoms. The molecule has 15 heavy (non-hydrogen) atoms. The Labute approximate surface area is 86.5 Å². The molecular weight excluding hydrogens is 196 g/mol. The summed E-state index contributed by atoms with van der Waals surface area (Å²) < 4.78 is 0. The Balaban J connectivity index is 2.25. The van der Waals surface area contributed by atoms with Crippen molar-refractivity contribution in [3.63, 3.8) is 0 Å². The average molecular weight is 208 g/mol. The highest BCUT2D eigenvalue weighted by molar-refractivity contribution is 5.86. The standard InChI is InChI=1S/C10H12N2O3/c1-5(13)11-7-3-2-6-4-8(10(14)15)12-9(6)7/h4,7,12H,2-3H2,1H3,(H,11,13)(H,14,15). The van der Waals surface area contributed by atoms with Crippen LogP contribution in [0.5, 0.6) is 0 Å². The predicted octanol–water partition coefficient (Wildman–Crippen LogP) is 0.836. The number of carboxylic acids is 1. The van der Waals surface area contributed by atoms with Crippen LogP contribution < -0.4 is 5.32 Å². The van der Waals surface area contributed by atoms with Gasteiger partial charge in [-0.1, -0.05) is 0 Å². The lowest BCUT2D eigenvalue weighted by Crippen LogP contribution is -2.24. The number of rotatable bonds is 2. The number of amides is 1. The molecule has 1 aromatic rings. The van der Waals surface area contributed by atoms with Crippen molar-refractivity contribution in [2.24, 2.45) is 0 Å². The summed E-state index contributed by atoms with van der Waals surface area (Å²) in [5.74, 6) is -1.06. The Hall–Kier alpha value is -1.78. The minimum absolute atomic E-state index is 0.0643. The van der Waals surface area contributed by atoms with Crippen LogP contribution in [0.3, 0.4) is 0 Å². The van der Waals surface area contributed by atoms with Crippen LogP contribution in [0.15, 0.2) is 6.07 Å². The van der Waals surface area contributed by atoms with E-state index < -0.39 is 5.97 Å². The second-order valence-electron chi connectivity index (χ2n) is 3.72. The van der Waals surface area contributed by atoms with E-state index in [1.807, 2.05) is 0 Å². The molecule has 5 nitrogen and oxygen atoms in total. The molecule has 1 amide bonds. The first-order valence-corrected chi connectivity index (χ1v) is 4.80. The van der Waals surface area contributed by atoms with Crippen LogP contribution >= 0.6 is 0 Å². The molecule has 0 radical (unpaired) electrons. The van der Waals surface area contributed by atoms with Crippen molar-refractivity contribution in [1.82, 2.24) is 10.3 Å². The number of aromatic nitrogens is 1. The molecule has 1 heterocycles. The second kappa shape index (κ2) is 3.42. The van der Waals surface area contributed by atoms with Crippen LogP contribution in [-0.4, -0.2) is 22.0 Å². The summed E-state index contributed by atoms with van der Waals surface area (Å²) in [5.41, 5.74) is 2.02. The summed E-state index contributed by atoms with van der Waals surface area (Å²) in [7, 11) is 0. The number of H-pyrrole nitrogens is 1. The molecule has 0 aromatic carbocycles. The molecule has 0 spiro atoms. The van der Waals surface area contributed by atoms with Crippen molar-refractivity contribution in [1.29, 1.82) is 0 Å². The van der Waals surface area contributed by atoms with E-state index >= 15 is 0 Å². The highest BCUT2D eigenvalue weighted by atomic mass is 16.4. The van der Waals surface area contributed by atoms with Crippen LogP contribution in [0.2, 0.25) is 0 Å². The third-order valence-corrected chi connectivity index (χ3v) is 2.59. The van der Waals surface area contributed by atoms with Crippen molar-refractivity contribution < 1.29 is 14.7 Å². The zero-order valence-electron chi connectivity index (χ0n) is 8.33. The van der Waals surface area contributed by atoms with E-state index in [-0.39, 0.29) is 17.6 Å². The predicted molar refractivity (Wildman–Crippen MR) is 52.6 cm³/mol. The third-order valence-electron chi connectivity index (χ3n) is 2.59. The number of nitrogens with one attached hydrogen (secondary N) is 2. The van der Waals surface area contributed by atoms with Gasteiger partial charge in [0.05, 0.1) is 6.04 Å². The van der Waals surface area contributed by atoms with Crippen molar-refractivity contribution in [3.05, 3.63) is 23.0 Å². The largest absolute Gasteiger partial charge is 0.477 e. The fraction of sp³-hybridized carbons (Fsp3) is 0.400. The molecule has 0 saturated carbocycles. The first kappa shape index (κ1) is 9.76. The lowest BCUT2D eigenvalue weighted by atomic mass is 10.2. The lowest BCUT2D eigenvalue weighted by Gasteiger charge is -2.10. The minimum atomic E-state index is -0.967. The number of aromatic amines is 1. The van der Waals surface area contributed by atoms with E-state index in [9.17, 15) is 9.59 Å². The lowest BCUT2D eigenvalue weighted by molar-refractivity contribution is -0.119. The van der Waals surface area contributed by atoms with Gasteiger partial charge in [0.1, 0.15) is 5.69 Å². The van der Waals surface area contributed by atoms with Crippen LogP contribution in [-0.2, 0) is 11.2 Å². The number of aromatic carboxylic acids is 1. The van der Waals surface area contributed by atoms with Crippen LogP contribution in [0.25, 0.3) is 0 Å². The number of fused-ring (bicyclic) bond motifs is 1. The van der Waals surface area contributed by atoms with Crippen molar-refractivity contribution in [3.8, 4) is 0 Å². The van der Waals surface area contributed by atoms with Gasteiger partial charge >= 0.3 is 5.97 Å². The van der Waals surface area contributed by atoms with Gasteiger partial charge < -0.3 is 15.4 Å². The van der Waals surface area contributed by atoms with Gasteiger partial charge in [0.15, 0.2) is 0 Å². The van der Waals surface area contributed by atoms with E-state index in [1.165, 1.54) is 6.92 Å². The molecule has 3 N–H and O–H groups in total. The number of hydrogen-bond acceptors (Lipinski definition) is 2. The Morgan fingerprint density at radius 2 is 2.33 bits per heavy atom. The molecule has 2 rings (SSSR count). The van der Waals surface area contributed by atoms with Gasteiger partial charge in [-0.3, -0.25) is 4.79 Å². The van der Waals surface area contributed by atoms with Crippen LogP contribution in [0.1, 0.15) is 41.1 Å². The normalized spacial score (nSPS) is 18.6. The van der Waals surface area contributed by atoms with Gasteiger partial charge in [0, 0.05) is 12.6 Å². The number of hydrogen-bond donors (Lipinski definition) is 3. The van der Waals surface area contributed by atoms with Gasteiger partial charge in [-0.05, 0) is 24.5 Å². The summed E-state index contributed by atoms with van der Waals surface area (Å²) in [5, 5.41) is 11.6. The molecule has 80 valence electrons. The summed E-state index contributed by atoms with van der Waals surface area (Å²) in [6.45, 7) is 1.46. The average Bonchev–Trinajstić information content (AvgIpc) is 2.66. The molecule has 1 aliphatic carbocycles. The Kier molecular flexibility index (Phi) is 2.22. The third kappa shape index (κ3) is 1.72. The van der Waals surface area contributed by atoms with E-state index in [2.05, 4.69) is 10.3 Å². The summed E-state index contributed by atoms with van der Waals surface area (Å²) in [6, 6.07) is 1.57. The van der Waals surface area contributed by atoms with Crippen LogP contribution in [0, 0.1) is 0 Å². The Bertz CT molecular complexity index is 422. The maximum atomic E-state index is 10.9. The van der Waals surface area contributed by atoms with Crippen molar-refractivity contribution >= 4 is 11.9 Å². The highest BCUT2D eigenvalue weighted by Crippen LogP contribution is 2.31. The van der Waals surface area contributed by atoms with E-state index in [1.54, 1.807) is 6.07 Å². The van der Waals surface area contributed by atoms with E-state index in [0.717, 1.165) is 24.1 Å². The monoisotopic (exact) mass is 208 g/mol. The summed E-state index contributed by atoms with van der Waals surface area (Å²) in [6.07, 6.45) is 1.64. The summed E-state index contributed by atoms with van der Waals surface area (Å²) >= 11 is 0. The van der Waals surface area contributed by atoms with Gasteiger partial charge in [-0.25, -0.2) is 4.79 Å². The molecule has 0 saturated heterocycles. The van der Waals surface area contributed by atoms with Crippen LogP contribution in [0.4, 0.5) is 0 Å². The fourth-order valence-electron chi connectivity index (χ4n) is 1.98. The molecule has 5 heteroatoms. The summed E-state index contributed by atoms with van der Waals surface area (Å²) in [4.78, 5) is 24.5. The molecule has 1 unspecified atom stereocenters. The van der Waals surface area contributed by atoms with Gasteiger partial charge in [-0.15, -0.1) is 0 Å². The van der Waals surface area contributed by atoms with Crippen molar-refractivity contribution in [2.45, 2.75) is 25.8 Å². The maximum Gasteiger partial charge on any atom is 0.352 e. The van der Waals surface area contributed by atoms with E-state index in [4.69, 9.17) is 5.11 Å². The first-order valence-electron chi connectivity index (χ1n) is 4.80. The number of carbonyl (C=O) groups is 2. The molecule has 1 aromatic heterocycles. The van der Waals surface area contributed by atoms with Gasteiger partial charge in [-0.2, -0.15) is 0 Å². The number of carbonyl (C=O) groups excluding carboxylic acids is 1. The molecule has 0 aliphatic heterocycles. The molecular formula is C10H12N2O3. The van der Waals surface area contributed by atoms with Gasteiger partial charge in [0.25, 0.3) is 0 Å². The number of carboxylic acid groups (broad SMARTS) is 1. The topological polar surface area (TPSA) is 82.2 Å². The molecule has 1 aliphatic rings. The maximum absolute atomic E-state index is 10.9. The minimum Gasteiger partial charge on any atom is -0.477 e. The fourth-order valence-corrected chi connectivity index (χ4v) is 1.98. The van der Waals surface area contributed by atoms with E-state index in [0.29, 0.717) is 0 Å². The zero-order valence-corrected chi connectivity index (χ0v) is 8.33. The molecule has 0 fully saturated rings. The highest BCUT2D eigenvalue weighted by Gasteiger charge is 2.26. The Morgan fingerprint density at radius 3 is 2.93 bits per heavy atom. The second-order valence-corrected chi connectivity index (χ2v) is 3.72. The quantitative estimate of drug-likeness (QED) is 0.673. The van der Waals surface area contributed by atoms with Crippen molar-refractivity contribution in [2.75, 3.05) is 0 Å². The smallest absolute Gasteiger partial charge is 0.352 e.